The molecule has 0 bridgehead atoms. The summed E-state index contributed by atoms with van der Waals surface area (Å²) in [6.07, 6.45) is 2.07. The van der Waals surface area contributed by atoms with Crippen LogP contribution in [0, 0.1) is 0 Å². The molecule has 0 atom stereocenters. The zero-order valence-corrected chi connectivity index (χ0v) is 17.3. The second kappa shape index (κ2) is 10.7. The fourth-order valence-electron chi connectivity index (χ4n) is 1.98. The van der Waals surface area contributed by atoms with E-state index < -0.39 is 0 Å². The minimum absolute atomic E-state index is 0. The molecule has 0 aliphatic heterocycles. The molecule has 1 aromatic carbocycles. The predicted molar refractivity (Wildman–Crippen MR) is 109 cm³/mol. The van der Waals surface area contributed by atoms with Gasteiger partial charge in [0.15, 0.2) is 0 Å². The summed E-state index contributed by atoms with van der Waals surface area (Å²) in [5.74, 6) is 0.892. The van der Waals surface area contributed by atoms with Crippen LogP contribution in [-0.4, -0.2) is 24.0 Å². The van der Waals surface area contributed by atoms with Gasteiger partial charge in [-0.15, -0.1) is 17.0 Å². The highest BCUT2D eigenvalue weighted by atomic mass is 79.9. The van der Waals surface area contributed by atoms with E-state index in [1.165, 1.54) is 0 Å². The van der Waals surface area contributed by atoms with Gasteiger partial charge in [0.05, 0.1) is 0 Å². The zero-order chi connectivity index (χ0) is 16.7. The van der Waals surface area contributed by atoms with Crippen molar-refractivity contribution < 1.29 is 0 Å². The molecule has 1 rings (SSSR count). The summed E-state index contributed by atoms with van der Waals surface area (Å²) in [5.41, 5.74) is 2.14. The van der Waals surface area contributed by atoms with Crippen LogP contribution in [0.15, 0.2) is 35.3 Å². The Morgan fingerprint density at radius 2 is 1.48 bits per heavy atom. The molecule has 0 fully saturated rings. The van der Waals surface area contributed by atoms with Gasteiger partial charge in [0.2, 0.25) is 0 Å². The summed E-state index contributed by atoms with van der Waals surface area (Å²) in [4.78, 5) is 4.67. The molecular formula is C18H29BrClN3. The van der Waals surface area contributed by atoms with Crippen molar-refractivity contribution in [3.8, 4) is 0 Å². The summed E-state index contributed by atoms with van der Waals surface area (Å²) in [6.45, 7) is 12.6. The lowest BCUT2D eigenvalue weighted by molar-refractivity contribution is 0.711. The number of nitrogens with zero attached hydrogens (tertiary/aromatic N) is 1. The third-order valence-corrected chi connectivity index (χ3v) is 2.97. The maximum Gasteiger partial charge on any atom is 0.123 e. The molecular weight excluding hydrogens is 374 g/mol. The second-order valence-electron chi connectivity index (χ2n) is 6.27. The molecule has 0 spiro atoms. The largest absolute Gasteiger partial charge is 0.382 e. The Kier molecular flexibility index (Phi) is 10.2. The maximum atomic E-state index is 5.99. The molecule has 0 heterocycles. The van der Waals surface area contributed by atoms with Crippen LogP contribution in [0.4, 0.5) is 0 Å². The quantitative estimate of drug-likeness (QED) is 0.515. The molecule has 0 aliphatic carbocycles. The molecule has 0 saturated heterocycles. The Morgan fingerprint density at radius 1 is 0.957 bits per heavy atom. The number of nitrogens with one attached hydrogen (secondary N) is 2. The van der Waals surface area contributed by atoms with Crippen LogP contribution in [-0.2, 0) is 0 Å². The first kappa shape index (κ1) is 22.0. The number of rotatable bonds is 6. The number of hydrogen-bond acceptors (Lipinski definition) is 2. The lowest BCUT2D eigenvalue weighted by Crippen LogP contribution is -2.31. The van der Waals surface area contributed by atoms with Crippen LogP contribution in [0.3, 0.4) is 0 Å². The fraction of sp³-hybridized carbons (Fsp3) is 0.500. The summed E-state index contributed by atoms with van der Waals surface area (Å²) < 4.78 is 0. The first-order valence-corrected chi connectivity index (χ1v) is 8.24. The third kappa shape index (κ3) is 9.01. The van der Waals surface area contributed by atoms with Crippen LogP contribution in [0.25, 0.3) is 5.70 Å². The molecule has 130 valence electrons. The highest BCUT2D eigenvalue weighted by molar-refractivity contribution is 8.93. The van der Waals surface area contributed by atoms with Gasteiger partial charge >= 0.3 is 0 Å². The Labute approximate surface area is 156 Å². The average molecular weight is 403 g/mol. The Morgan fingerprint density at radius 3 is 1.91 bits per heavy atom. The Bertz CT molecular complexity index is 520. The van der Waals surface area contributed by atoms with Crippen LogP contribution in [0.5, 0.6) is 0 Å². The Hall–Kier alpha value is -1.00. The predicted octanol–water partition coefficient (Wildman–Crippen LogP) is 5.06. The van der Waals surface area contributed by atoms with Gasteiger partial charge in [-0.05, 0) is 59.2 Å². The number of hydrogen-bond donors (Lipinski definition) is 2. The van der Waals surface area contributed by atoms with Crippen LogP contribution >= 0.6 is 28.6 Å². The summed E-state index contributed by atoms with van der Waals surface area (Å²) in [6, 6.07) is 8.75. The fourth-order valence-corrected chi connectivity index (χ4v) is 2.10. The zero-order valence-electron chi connectivity index (χ0n) is 14.9. The smallest absolute Gasteiger partial charge is 0.123 e. The molecule has 5 heteroatoms. The van der Waals surface area contributed by atoms with E-state index in [0.717, 1.165) is 22.1 Å². The molecule has 3 nitrogen and oxygen atoms in total. The number of amidine groups is 1. The van der Waals surface area contributed by atoms with Gasteiger partial charge in [0.1, 0.15) is 5.84 Å². The van der Waals surface area contributed by atoms with E-state index in [1.807, 2.05) is 24.3 Å². The Balaban J connectivity index is 0.00000484. The molecule has 2 N–H and O–H groups in total. The van der Waals surface area contributed by atoms with Crippen molar-refractivity contribution in [1.82, 2.24) is 10.6 Å². The molecule has 0 saturated carbocycles. The van der Waals surface area contributed by atoms with Crippen molar-refractivity contribution in [3.05, 3.63) is 40.9 Å². The minimum atomic E-state index is 0. The SMILES string of the molecule is Br.CC(C)N=C(/C=C(\NC(C)C)c1ccc(Cl)cc1)NC(C)C. The van der Waals surface area contributed by atoms with Crippen molar-refractivity contribution in [2.24, 2.45) is 4.99 Å². The molecule has 0 amide bonds. The van der Waals surface area contributed by atoms with Crippen molar-refractivity contribution in [1.29, 1.82) is 0 Å². The van der Waals surface area contributed by atoms with Crippen molar-refractivity contribution >= 4 is 40.1 Å². The lowest BCUT2D eigenvalue weighted by atomic mass is 10.1. The first-order chi connectivity index (χ1) is 10.3. The lowest BCUT2D eigenvalue weighted by Gasteiger charge is -2.17. The van der Waals surface area contributed by atoms with E-state index in [4.69, 9.17) is 11.6 Å². The number of aliphatic imine (C=N–C) groups is 1. The van der Waals surface area contributed by atoms with Gasteiger partial charge in [-0.25, -0.2) is 0 Å². The first-order valence-electron chi connectivity index (χ1n) is 7.86. The van der Waals surface area contributed by atoms with Crippen LogP contribution < -0.4 is 10.6 Å². The van der Waals surface area contributed by atoms with Gasteiger partial charge in [-0.2, -0.15) is 0 Å². The third-order valence-electron chi connectivity index (χ3n) is 2.71. The van der Waals surface area contributed by atoms with Gasteiger partial charge in [0, 0.05) is 34.9 Å². The van der Waals surface area contributed by atoms with Crippen LogP contribution in [0.1, 0.15) is 47.1 Å². The van der Waals surface area contributed by atoms with Gasteiger partial charge in [-0.1, -0.05) is 23.7 Å². The normalized spacial score (nSPS) is 12.6. The van der Waals surface area contributed by atoms with E-state index in [-0.39, 0.29) is 23.0 Å². The van der Waals surface area contributed by atoms with Gasteiger partial charge in [0.25, 0.3) is 0 Å². The molecule has 1 aromatic rings. The van der Waals surface area contributed by atoms with E-state index >= 15 is 0 Å². The maximum absolute atomic E-state index is 5.99. The molecule has 0 aromatic heterocycles. The second-order valence-corrected chi connectivity index (χ2v) is 6.71. The molecule has 0 radical (unpaired) electrons. The topological polar surface area (TPSA) is 36.4 Å². The van der Waals surface area contributed by atoms with Crippen molar-refractivity contribution in [2.45, 2.75) is 59.7 Å². The number of halogens is 2. The van der Waals surface area contributed by atoms with E-state index in [1.54, 1.807) is 0 Å². The van der Waals surface area contributed by atoms with E-state index in [2.05, 4.69) is 63.2 Å². The molecule has 0 unspecified atom stereocenters. The molecule has 0 aliphatic rings. The minimum Gasteiger partial charge on any atom is -0.382 e. The standard InChI is InChI=1S/C18H28ClN3.BrH/c1-12(2)20-17(15-7-9-16(19)10-8-15)11-18(21-13(3)4)22-14(5)6;/h7-14,20H,1-6H3,(H,21,22);1H/b17-11-;. The van der Waals surface area contributed by atoms with Crippen molar-refractivity contribution in [3.63, 3.8) is 0 Å². The van der Waals surface area contributed by atoms with Crippen molar-refractivity contribution in [2.75, 3.05) is 0 Å². The summed E-state index contributed by atoms with van der Waals surface area (Å²) >= 11 is 5.99. The summed E-state index contributed by atoms with van der Waals surface area (Å²) in [7, 11) is 0. The molecule has 23 heavy (non-hydrogen) atoms. The average Bonchev–Trinajstić information content (AvgIpc) is 2.36. The monoisotopic (exact) mass is 401 g/mol. The van der Waals surface area contributed by atoms with Gasteiger partial charge < -0.3 is 10.6 Å². The van der Waals surface area contributed by atoms with Crippen LogP contribution in [0.2, 0.25) is 5.02 Å². The number of benzene rings is 1. The van der Waals surface area contributed by atoms with E-state index in [0.29, 0.717) is 12.1 Å². The highest BCUT2D eigenvalue weighted by Crippen LogP contribution is 2.16. The highest BCUT2D eigenvalue weighted by Gasteiger charge is 2.07. The van der Waals surface area contributed by atoms with Gasteiger partial charge in [-0.3, -0.25) is 4.99 Å². The summed E-state index contributed by atoms with van der Waals surface area (Å²) in [5, 5.41) is 7.63. The van der Waals surface area contributed by atoms with E-state index in [9.17, 15) is 0 Å².